The van der Waals surface area contributed by atoms with Crippen molar-refractivity contribution < 1.29 is 0 Å². The molecule has 0 amide bonds. The number of hydrogen-bond donors (Lipinski definition) is 3. The van der Waals surface area contributed by atoms with E-state index in [-0.39, 0.29) is 11.9 Å². The molecular weight excluding hydrogens is 250 g/mol. The molecule has 0 atom stereocenters. The van der Waals surface area contributed by atoms with Crippen LogP contribution < -0.4 is 17.2 Å². The minimum atomic E-state index is -0.130. The molecule has 0 spiro atoms. The summed E-state index contributed by atoms with van der Waals surface area (Å²) in [6, 6.07) is 5.64. The van der Waals surface area contributed by atoms with Crippen LogP contribution >= 0.6 is 11.6 Å². The summed E-state index contributed by atoms with van der Waals surface area (Å²) in [6.45, 7) is 2.13. The maximum absolute atomic E-state index is 6.25. The molecular formula is C12H18ClN5. The van der Waals surface area contributed by atoms with E-state index < -0.39 is 0 Å². The minimum absolute atomic E-state index is 0.00968. The van der Waals surface area contributed by atoms with Crippen molar-refractivity contribution in [1.29, 1.82) is 0 Å². The predicted molar refractivity (Wildman–Crippen MR) is 77.2 cm³/mol. The van der Waals surface area contributed by atoms with Gasteiger partial charge in [-0.1, -0.05) is 37.1 Å². The molecule has 0 fully saturated rings. The van der Waals surface area contributed by atoms with E-state index in [4.69, 9.17) is 28.8 Å². The molecule has 1 rings (SSSR count). The fourth-order valence-corrected chi connectivity index (χ4v) is 1.76. The van der Waals surface area contributed by atoms with E-state index in [0.717, 1.165) is 24.8 Å². The zero-order valence-corrected chi connectivity index (χ0v) is 11.1. The second-order valence-electron chi connectivity index (χ2n) is 3.86. The summed E-state index contributed by atoms with van der Waals surface area (Å²) in [4.78, 5) is 7.73. The van der Waals surface area contributed by atoms with Crippen LogP contribution in [0.3, 0.4) is 0 Å². The van der Waals surface area contributed by atoms with Crippen LogP contribution in [0.2, 0.25) is 5.02 Å². The Morgan fingerprint density at radius 2 is 2.00 bits per heavy atom. The van der Waals surface area contributed by atoms with Crippen LogP contribution in [0.4, 0.5) is 5.69 Å². The molecule has 18 heavy (non-hydrogen) atoms. The molecule has 5 nitrogen and oxygen atoms in total. The number of nitrogens with zero attached hydrogens (tertiary/aromatic N) is 2. The standard InChI is InChI=1S/C12H18ClN5/c1-2-3-5-8-6-4-7-9(10(8)13)17-12(16)18-11(14)15/h4,6-7H,2-3,5H2,1H3,(H6,14,15,16,17,18). The molecule has 0 aliphatic rings. The lowest BCUT2D eigenvalue weighted by Crippen LogP contribution is -2.26. The van der Waals surface area contributed by atoms with Gasteiger partial charge < -0.3 is 17.2 Å². The van der Waals surface area contributed by atoms with Crippen molar-refractivity contribution in [3.05, 3.63) is 28.8 Å². The number of rotatable bonds is 4. The highest BCUT2D eigenvalue weighted by molar-refractivity contribution is 6.33. The van der Waals surface area contributed by atoms with Gasteiger partial charge in [0.05, 0.1) is 10.7 Å². The normalized spacial score (nSPS) is 11.3. The molecule has 0 saturated carbocycles. The zero-order valence-electron chi connectivity index (χ0n) is 10.4. The number of halogens is 1. The smallest absolute Gasteiger partial charge is 0.223 e. The first-order valence-electron chi connectivity index (χ1n) is 5.75. The van der Waals surface area contributed by atoms with Gasteiger partial charge in [-0.05, 0) is 24.5 Å². The molecule has 6 N–H and O–H groups in total. The van der Waals surface area contributed by atoms with Gasteiger partial charge in [0.25, 0.3) is 0 Å². The number of aryl methyl sites for hydroxylation is 1. The van der Waals surface area contributed by atoms with E-state index in [1.165, 1.54) is 0 Å². The fraction of sp³-hybridized carbons (Fsp3) is 0.333. The molecule has 0 aliphatic heterocycles. The van der Waals surface area contributed by atoms with Crippen molar-refractivity contribution >= 4 is 29.2 Å². The first kappa shape index (κ1) is 14.3. The van der Waals surface area contributed by atoms with Gasteiger partial charge in [-0.25, -0.2) is 4.99 Å². The summed E-state index contributed by atoms with van der Waals surface area (Å²) in [5.41, 5.74) is 17.6. The third-order valence-electron chi connectivity index (χ3n) is 2.34. The summed E-state index contributed by atoms with van der Waals surface area (Å²) < 4.78 is 0. The predicted octanol–water partition coefficient (Wildman–Crippen LogP) is 1.90. The number of nitrogens with two attached hydrogens (primary N) is 3. The van der Waals surface area contributed by atoms with Crippen LogP contribution in [-0.2, 0) is 6.42 Å². The van der Waals surface area contributed by atoms with E-state index in [1.807, 2.05) is 12.1 Å². The summed E-state index contributed by atoms with van der Waals surface area (Å²) >= 11 is 6.25. The summed E-state index contributed by atoms with van der Waals surface area (Å²) in [6.07, 6.45) is 3.11. The van der Waals surface area contributed by atoms with Crippen LogP contribution in [-0.4, -0.2) is 11.9 Å². The topological polar surface area (TPSA) is 103 Å². The third kappa shape index (κ3) is 4.25. The van der Waals surface area contributed by atoms with Crippen molar-refractivity contribution in [3.63, 3.8) is 0 Å². The summed E-state index contributed by atoms with van der Waals surface area (Å²) in [5.74, 6) is -0.140. The Bertz CT molecular complexity index is 464. The number of unbranched alkanes of at least 4 members (excludes halogenated alkanes) is 1. The fourth-order valence-electron chi connectivity index (χ4n) is 1.49. The number of aliphatic imine (C=N–C) groups is 2. The Balaban J connectivity index is 3.00. The van der Waals surface area contributed by atoms with Crippen LogP contribution in [0.5, 0.6) is 0 Å². The Hall–Kier alpha value is -1.75. The number of hydrogen-bond acceptors (Lipinski definition) is 1. The maximum atomic E-state index is 6.25. The van der Waals surface area contributed by atoms with Gasteiger partial charge in [0, 0.05) is 0 Å². The molecule has 0 unspecified atom stereocenters. The molecule has 0 aromatic heterocycles. The highest BCUT2D eigenvalue weighted by Crippen LogP contribution is 2.29. The van der Waals surface area contributed by atoms with Gasteiger partial charge in [0.2, 0.25) is 5.96 Å². The van der Waals surface area contributed by atoms with Crippen LogP contribution in [0.1, 0.15) is 25.3 Å². The first-order valence-corrected chi connectivity index (χ1v) is 6.13. The van der Waals surface area contributed by atoms with Crippen molar-refractivity contribution in [2.24, 2.45) is 27.2 Å². The lowest BCUT2D eigenvalue weighted by molar-refractivity contribution is 0.795. The lowest BCUT2D eigenvalue weighted by atomic mass is 10.1. The molecule has 0 saturated heterocycles. The van der Waals surface area contributed by atoms with Crippen LogP contribution in [0, 0.1) is 0 Å². The van der Waals surface area contributed by atoms with Crippen molar-refractivity contribution in [3.8, 4) is 0 Å². The van der Waals surface area contributed by atoms with E-state index in [9.17, 15) is 0 Å². The molecule has 0 radical (unpaired) electrons. The van der Waals surface area contributed by atoms with Crippen LogP contribution in [0.25, 0.3) is 0 Å². The quantitative estimate of drug-likeness (QED) is 0.573. The highest BCUT2D eigenvalue weighted by atomic mass is 35.5. The van der Waals surface area contributed by atoms with Crippen molar-refractivity contribution in [1.82, 2.24) is 0 Å². The SMILES string of the molecule is CCCCc1cccc(N=C(N)N=C(N)N)c1Cl. The Labute approximate surface area is 112 Å². The first-order chi connectivity index (χ1) is 8.54. The van der Waals surface area contributed by atoms with E-state index in [0.29, 0.717) is 10.7 Å². The summed E-state index contributed by atoms with van der Waals surface area (Å²) in [7, 11) is 0. The highest BCUT2D eigenvalue weighted by Gasteiger charge is 2.05. The third-order valence-corrected chi connectivity index (χ3v) is 2.77. The van der Waals surface area contributed by atoms with E-state index >= 15 is 0 Å². The van der Waals surface area contributed by atoms with Crippen LogP contribution in [0.15, 0.2) is 28.2 Å². The van der Waals surface area contributed by atoms with Crippen molar-refractivity contribution in [2.75, 3.05) is 0 Å². The largest absolute Gasteiger partial charge is 0.370 e. The average Bonchev–Trinajstić information content (AvgIpc) is 2.29. The monoisotopic (exact) mass is 267 g/mol. The minimum Gasteiger partial charge on any atom is -0.370 e. The van der Waals surface area contributed by atoms with Gasteiger partial charge in [0.15, 0.2) is 5.96 Å². The van der Waals surface area contributed by atoms with E-state index in [2.05, 4.69) is 16.9 Å². The van der Waals surface area contributed by atoms with Gasteiger partial charge in [-0.2, -0.15) is 4.99 Å². The van der Waals surface area contributed by atoms with Gasteiger partial charge in [0.1, 0.15) is 0 Å². The van der Waals surface area contributed by atoms with Gasteiger partial charge in [-0.3, -0.25) is 0 Å². The molecule has 0 aliphatic carbocycles. The average molecular weight is 268 g/mol. The summed E-state index contributed by atoms with van der Waals surface area (Å²) in [5, 5.41) is 0.597. The molecule has 1 aromatic carbocycles. The Morgan fingerprint density at radius 1 is 1.28 bits per heavy atom. The van der Waals surface area contributed by atoms with Gasteiger partial charge in [-0.15, -0.1) is 0 Å². The second kappa shape index (κ2) is 6.86. The Kier molecular flexibility index (Phi) is 5.45. The second-order valence-corrected chi connectivity index (χ2v) is 4.24. The molecule has 98 valence electrons. The molecule has 0 heterocycles. The zero-order chi connectivity index (χ0) is 13.5. The molecule has 0 bridgehead atoms. The van der Waals surface area contributed by atoms with Gasteiger partial charge >= 0.3 is 0 Å². The number of guanidine groups is 2. The lowest BCUT2D eigenvalue weighted by Gasteiger charge is -2.06. The number of benzene rings is 1. The maximum Gasteiger partial charge on any atom is 0.223 e. The Morgan fingerprint density at radius 3 is 2.61 bits per heavy atom. The van der Waals surface area contributed by atoms with Crippen molar-refractivity contribution in [2.45, 2.75) is 26.2 Å². The van der Waals surface area contributed by atoms with E-state index in [1.54, 1.807) is 6.07 Å². The molecule has 6 heteroatoms. The molecule has 1 aromatic rings.